The van der Waals surface area contributed by atoms with Crippen LogP contribution < -0.4 is 5.32 Å². The summed E-state index contributed by atoms with van der Waals surface area (Å²) in [6.45, 7) is 3.80. The second-order valence-electron chi connectivity index (χ2n) is 7.43. The van der Waals surface area contributed by atoms with E-state index in [0.29, 0.717) is 31.7 Å². The fourth-order valence-electron chi connectivity index (χ4n) is 3.36. The van der Waals surface area contributed by atoms with Crippen LogP contribution in [0.3, 0.4) is 0 Å². The lowest BCUT2D eigenvalue weighted by Gasteiger charge is -2.36. The van der Waals surface area contributed by atoms with Crippen molar-refractivity contribution in [1.29, 1.82) is 0 Å². The zero-order valence-corrected chi connectivity index (χ0v) is 17.1. The Hall–Kier alpha value is -3.00. The van der Waals surface area contributed by atoms with Gasteiger partial charge in [-0.15, -0.1) is 0 Å². The number of hydrogen-bond donors (Lipinski definition) is 1. The Bertz CT molecular complexity index is 886. The van der Waals surface area contributed by atoms with Crippen molar-refractivity contribution in [3.63, 3.8) is 0 Å². The molecule has 1 heterocycles. The summed E-state index contributed by atoms with van der Waals surface area (Å²) in [6.07, 6.45) is 0. The van der Waals surface area contributed by atoms with Crippen molar-refractivity contribution in [3.05, 3.63) is 65.7 Å². The van der Waals surface area contributed by atoms with E-state index < -0.39 is 11.6 Å². The standard InChI is InChI=1S/C22H26F2N4O2/c1-16(17-8-9-19(23)20(24)14-17)26(2)15-21(29)27-10-12-28(13-11-27)22(30)25-18-6-4-3-5-7-18/h3-9,14,16H,10-13,15H2,1-2H3,(H,25,30). The van der Waals surface area contributed by atoms with Crippen LogP contribution in [0.2, 0.25) is 0 Å². The maximum absolute atomic E-state index is 13.5. The molecule has 3 rings (SSSR count). The number of nitrogens with one attached hydrogen (secondary N) is 1. The molecular formula is C22H26F2N4O2. The van der Waals surface area contributed by atoms with Gasteiger partial charge in [-0.3, -0.25) is 9.69 Å². The Kier molecular flexibility index (Phi) is 6.99. The second-order valence-corrected chi connectivity index (χ2v) is 7.43. The van der Waals surface area contributed by atoms with Gasteiger partial charge >= 0.3 is 6.03 Å². The van der Waals surface area contributed by atoms with Crippen molar-refractivity contribution in [2.45, 2.75) is 13.0 Å². The summed E-state index contributed by atoms with van der Waals surface area (Å²) in [5.41, 5.74) is 1.33. The van der Waals surface area contributed by atoms with Gasteiger partial charge in [0.1, 0.15) is 0 Å². The molecule has 1 aliphatic rings. The number of benzene rings is 2. The Morgan fingerprint density at radius 1 is 1.00 bits per heavy atom. The Morgan fingerprint density at radius 3 is 2.27 bits per heavy atom. The third-order valence-electron chi connectivity index (χ3n) is 5.42. The molecule has 0 spiro atoms. The Labute approximate surface area is 175 Å². The average molecular weight is 416 g/mol. The van der Waals surface area contributed by atoms with Gasteiger partial charge < -0.3 is 15.1 Å². The summed E-state index contributed by atoms with van der Waals surface area (Å²) in [5, 5.41) is 2.85. The van der Waals surface area contributed by atoms with Crippen molar-refractivity contribution < 1.29 is 18.4 Å². The number of halogens is 2. The number of carbonyl (C=O) groups excluding carboxylic acids is 2. The molecule has 1 N–H and O–H groups in total. The molecule has 1 atom stereocenters. The largest absolute Gasteiger partial charge is 0.338 e. The third-order valence-corrected chi connectivity index (χ3v) is 5.42. The molecule has 160 valence electrons. The number of carbonyl (C=O) groups is 2. The van der Waals surface area contributed by atoms with E-state index in [9.17, 15) is 18.4 Å². The van der Waals surface area contributed by atoms with E-state index in [1.165, 1.54) is 6.07 Å². The smallest absolute Gasteiger partial charge is 0.321 e. The highest BCUT2D eigenvalue weighted by molar-refractivity contribution is 5.89. The van der Waals surface area contributed by atoms with Crippen LogP contribution in [0, 0.1) is 11.6 Å². The van der Waals surface area contributed by atoms with Gasteiger partial charge in [-0.1, -0.05) is 24.3 Å². The highest BCUT2D eigenvalue weighted by Gasteiger charge is 2.26. The van der Waals surface area contributed by atoms with Crippen LogP contribution in [0.4, 0.5) is 19.3 Å². The minimum absolute atomic E-state index is 0.0601. The quantitative estimate of drug-likeness (QED) is 0.814. The lowest BCUT2D eigenvalue weighted by molar-refractivity contribution is -0.134. The molecule has 6 nitrogen and oxygen atoms in total. The number of likely N-dealkylation sites (N-methyl/N-ethyl adjacent to an activating group) is 1. The molecule has 0 aliphatic carbocycles. The SMILES string of the molecule is CC(c1ccc(F)c(F)c1)N(C)CC(=O)N1CCN(C(=O)Nc2ccccc2)CC1. The fraction of sp³-hybridized carbons (Fsp3) is 0.364. The summed E-state index contributed by atoms with van der Waals surface area (Å²) >= 11 is 0. The Balaban J connectivity index is 1.48. The van der Waals surface area contributed by atoms with Crippen molar-refractivity contribution in [3.8, 4) is 0 Å². The molecule has 1 unspecified atom stereocenters. The molecule has 2 aromatic rings. The average Bonchev–Trinajstić information content (AvgIpc) is 2.75. The first-order valence-corrected chi connectivity index (χ1v) is 9.89. The maximum atomic E-state index is 13.5. The summed E-state index contributed by atoms with van der Waals surface area (Å²) in [4.78, 5) is 30.2. The van der Waals surface area contributed by atoms with E-state index in [1.807, 2.05) is 37.3 Å². The van der Waals surface area contributed by atoms with E-state index >= 15 is 0 Å². The minimum atomic E-state index is -0.899. The number of anilines is 1. The van der Waals surface area contributed by atoms with Crippen LogP contribution in [-0.2, 0) is 4.79 Å². The first kappa shape index (κ1) is 21.7. The van der Waals surface area contributed by atoms with E-state index in [2.05, 4.69) is 5.32 Å². The van der Waals surface area contributed by atoms with Gasteiger partial charge in [0, 0.05) is 37.9 Å². The lowest BCUT2D eigenvalue weighted by Crippen LogP contribution is -2.53. The van der Waals surface area contributed by atoms with E-state index in [4.69, 9.17) is 0 Å². The van der Waals surface area contributed by atoms with Gasteiger partial charge in [-0.2, -0.15) is 0 Å². The molecule has 3 amide bonds. The molecule has 0 aromatic heterocycles. The van der Waals surface area contributed by atoms with Crippen molar-refractivity contribution in [2.75, 3.05) is 45.1 Å². The number of urea groups is 1. The number of rotatable bonds is 5. The maximum Gasteiger partial charge on any atom is 0.321 e. The molecule has 8 heteroatoms. The topological polar surface area (TPSA) is 55.9 Å². The first-order valence-electron chi connectivity index (χ1n) is 9.89. The van der Waals surface area contributed by atoms with Gasteiger partial charge in [0.2, 0.25) is 5.91 Å². The molecule has 0 radical (unpaired) electrons. The van der Waals surface area contributed by atoms with E-state index in [-0.39, 0.29) is 24.5 Å². The normalized spacial score (nSPS) is 15.2. The number of nitrogens with zero attached hydrogens (tertiary/aromatic N) is 3. The third kappa shape index (κ3) is 5.33. The number of hydrogen-bond acceptors (Lipinski definition) is 3. The molecule has 0 bridgehead atoms. The summed E-state index contributed by atoms with van der Waals surface area (Å²) < 4.78 is 26.6. The van der Waals surface area contributed by atoms with Gasteiger partial charge in [0.05, 0.1) is 6.54 Å². The van der Waals surface area contributed by atoms with Crippen LogP contribution in [0.5, 0.6) is 0 Å². The number of amides is 3. The van der Waals surface area contributed by atoms with Crippen LogP contribution in [0.1, 0.15) is 18.5 Å². The lowest BCUT2D eigenvalue weighted by atomic mass is 10.1. The predicted molar refractivity (Wildman–Crippen MR) is 111 cm³/mol. The van der Waals surface area contributed by atoms with Crippen LogP contribution in [0.25, 0.3) is 0 Å². The van der Waals surface area contributed by atoms with Crippen molar-refractivity contribution in [1.82, 2.24) is 14.7 Å². The number of piperazine rings is 1. The molecule has 30 heavy (non-hydrogen) atoms. The fourth-order valence-corrected chi connectivity index (χ4v) is 3.36. The molecule has 2 aromatic carbocycles. The second kappa shape index (κ2) is 9.67. The molecular weight excluding hydrogens is 390 g/mol. The van der Waals surface area contributed by atoms with E-state index in [1.54, 1.807) is 21.7 Å². The first-order chi connectivity index (χ1) is 14.3. The number of para-hydroxylation sites is 1. The predicted octanol–water partition coefficient (Wildman–Crippen LogP) is 3.33. The summed E-state index contributed by atoms with van der Waals surface area (Å²) in [5.74, 6) is -1.85. The van der Waals surface area contributed by atoms with Crippen LogP contribution >= 0.6 is 0 Å². The zero-order chi connectivity index (χ0) is 21.7. The molecule has 1 aliphatic heterocycles. The van der Waals surface area contributed by atoms with E-state index in [0.717, 1.165) is 17.8 Å². The monoisotopic (exact) mass is 416 g/mol. The van der Waals surface area contributed by atoms with Gasteiger partial charge in [-0.05, 0) is 43.8 Å². The summed E-state index contributed by atoms with van der Waals surface area (Å²) in [6, 6.07) is 12.6. The molecule has 1 saturated heterocycles. The molecule has 1 fully saturated rings. The van der Waals surface area contributed by atoms with Crippen molar-refractivity contribution >= 4 is 17.6 Å². The van der Waals surface area contributed by atoms with Crippen LogP contribution in [0.15, 0.2) is 48.5 Å². The highest BCUT2D eigenvalue weighted by Crippen LogP contribution is 2.21. The van der Waals surface area contributed by atoms with Crippen molar-refractivity contribution in [2.24, 2.45) is 0 Å². The van der Waals surface area contributed by atoms with Crippen LogP contribution in [-0.4, -0.2) is 66.4 Å². The van der Waals surface area contributed by atoms with Gasteiger partial charge in [-0.25, -0.2) is 13.6 Å². The highest BCUT2D eigenvalue weighted by atomic mass is 19.2. The van der Waals surface area contributed by atoms with Gasteiger partial charge in [0.15, 0.2) is 11.6 Å². The van der Waals surface area contributed by atoms with Gasteiger partial charge in [0.25, 0.3) is 0 Å². The zero-order valence-electron chi connectivity index (χ0n) is 17.1. The Morgan fingerprint density at radius 2 is 1.63 bits per heavy atom. The minimum Gasteiger partial charge on any atom is -0.338 e. The molecule has 0 saturated carbocycles. The summed E-state index contributed by atoms with van der Waals surface area (Å²) in [7, 11) is 1.77.